The molecule has 3 aromatic rings. The van der Waals surface area contributed by atoms with Crippen LogP contribution in [0.15, 0.2) is 47.2 Å². The number of benzene rings is 1. The van der Waals surface area contributed by atoms with Gasteiger partial charge in [0.2, 0.25) is 11.7 Å². The number of methoxy groups -OCH3 is 1. The molecule has 2 aromatic heterocycles. The van der Waals surface area contributed by atoms with Crippen molar-refractivity contribution in [2.45, 2.75) is 19.9 Å². The van der Waals surface area contributed by atoms with Crippen molar-refractivity contribution in [1.82, 2.24) is 25.8 Å². The van der Waals surface area contributed by atoms with Gasteiger partial charge in [-0.1, -0.05) is 19.0 Å². The highest BCUT2D eigenvalue weighted by Crippen LogP contribution is 2.29. The Balaban J connectivity index is 1.76. The first-order valence-electron chi connectivity index (χ1n) is 9.99. The second-order valence-electron chi connectivity index (χ2n) is 7.21. The highest BCUT2D eigenvalue weighted by molar-refractivity contribution is 5.95. The summed E-state index contributed by atoms with van der Waals surface area (Å²) < 4.78 is 16.2. The maximum absolute atomic E-state index is 12.9. The molecule has 0 radical (unpaired) electrons. The molecule has 0 saturated heterocycles. The molecule has 0 aliphatic heterocycles. The van der Waals surface area contributed by atoms with E-state index in [9.17, 15) is 9.59 Å². The molecule has 0 aliphatic carbocycles. The number of nitrogens with zero attached hydrogens (tertiary/aromatic N) is 3. The van der Waals surface area contributed by atoms with E-state index in [1.54, 1.807) is 42.7 Å². The fraction of sp³-hybridized carbons (Fsp3) is 0.318. The summed E-state index contributed by atoms with van der Waals surface area (Å²) in [5, 5.41) is 9.42. The topological polar surface area (TPSA) is 128 Å². The minimum absolute atomic E-state index is 0.0123. The van der Waals surface area contributed by atoms with Crippen molar-refractivity contribution in [3.05, 3.63) is 54.2 Å². The van der Waals surface area contributed by atoms with E-state index in [0.29, 0.717) is 28.8 Å². The Labute approximate surface area is 185 Å². The first-order valence-corrected chi connectivity index (χ1v) is 9.99. The molecule has 168 valence electrons. The summed E-state index contributed by atoms with van der Waals surface area (Å²) >= 11 is 0. The lowest BCUT2D eigenvalue weighted by molar-refractivity contribution is -0.122. The molecule has 0 aliphatic rings. The molecule has 2 amide bonds. The van der Waals surface area contributed by atoms with Gasteiger partial charge < -0.3 is 24.6 Å². The second kappa shape index (κ2) is 10.4. The van der Waals surface area contributed by atoms with Crippen LogP contribution in [-0.4, -0.2) is 47.7 Å². The summed E-state index contributed by atoms with van der Waals surface area (Å²) in [5.74, 6) is 0.774. The summed E-state index contributed by atoms with van der Waals surface area (Å²) in [5.41, 5.74) is 1.12. The molecule has 0 saturated carbocycles. The largest absolute Gasteiger partial charge is 0.493 e. The van der Waals surface area contributed by atoms with Crippen LogP contribution in [0, 0.1) is 5.92 Å². The number of hydrogen-bond acceptors (Lipinski definition) is 8. The number of aromatic nitrogens is 3. The van der Waals surface area contributed by atoms with Gasteiger partial charge in [-0.25, -0.2) is 0 Å². The number of pyridine rings is 1. The van der Waals surface area contributed by atoms with Crippen LogP contribution >= 0.6 is 0 Å². The molecule has 0 fully saturated rings. The maximum Gasteiger partial charge on any atom is 0.257 e. The van der Waals surface area contributed by atoms with Crippen molar-refractivity contribution in [2.24, 2.45) is 5.92 Å². The number of carbonyl (C=O) groups excluding carboxylic acids is 2. The van der Waals surface area contributed by atoms with E-state index >= 15 is 0 Å². The van der Waals surface area contributed by atoms with E-state index in [2.05, 4.69) is 25.8 Å². The van der Waals surface area contributed by atoms with Crippen LogP contribution in [0.2, 0.25) is 0 Å². The Morgan fingerprint density at radius 2 is 1.88 bits per heavy atom. The lowest BCUT2D eigenvalue weighted by Crippen LogP contribution is -2.32. The Kier molecular flexibility index (Phi) is 7.37. The van der Waals surface area contributed by atoms with Gasteiger partial charge in [-0.2, -0.15) is 4.98 Å². The van der Waals surface area contributed by atoms with Crippen LogP contribution in [0.4, 0.5) is 0 Å². The summed E-state index contributed by atoms with van der Waals surface area (Å²) in [6.07, 6.45) is 3.28. The minimum Gasteiger partial charge on any atom is -0.493 e. The summed E-state index contributed by atoms with van der Waals surface area (Å²) in [6.45, 7) is 3.72. The average Bonchev–Trinajstić information content (AvgIpc) is 3.30. The molecule has 0 bridgehead atoms. The van der Waals surface area contributed by atoms with Gasteiger partial charge in [0, 0.05) is 30.6 Å². The van der Waals surface area contributed by atoms with Gasteiger partial charge in [0.05, 0.1) is 7.11 Å². The lowest BCUT2D eigenvalue weighted by atomic mass is 10.0. The van der Waals surface area contributed by atoms with E-state index in [1.165, 1.54) is 14.2 Å². The Hall–Kier alpha value is -3.95. The third-order valence-corrected chi connectivity index (χ3v) is 4.66. The lowest BCUT2D eigenvalue weighted by Gasteiger charge is -2.19. The third-order valence-electron chi connectivity index (χ3n) is 4.66. The monoisotopic (exact) mass is 439 g/mol. The van der Waals surface area contributed by atoms with Crippen LogP contribution in [-0.2, 0) is 4.79 Å². The van der Waals surface area contributed by atoms with Gasteiger partial charge in [-0.15, -0.1) is 0 Å². The quantitative estimate of drug-likeness (QED) is 0.520. The molecular formula is C22H25N5O5. The molecule has 0 spiro atoms. The number of carbonyl (C=O) groups is 2. The van der Waals surface area contributed by atoms with E-state index in [0.717, 1.165) is 5.56 Å². The molecule has 1 atom stereocenters. The van der Waals surface area contributed by atoms with Crippen molar-refractivity contribution in [3.63, 3.8) is 0 Å². The Morgan fingerprint density at radius 1 is 1.12 bits per heavy atom. The highest BCUT2D eigenvalue weighted by Gasteiger charge is 2.26. The highest BCUT2D eigenvalue weighted by atomic mass is 16.5. The van der Waals surface area contributed by atoms with Gasteiger partial charge in [0.25, 0.3) is 11.8 Å². The van der Waals surface area contributed by atoms with E-state index in [4.69, 9.17) is 14.0 Å². The van der Waals surface area contributed by atoms with Gasteiger partial charge >= 0.3 is 0 Å². The van der Waals surface area contributed by atoms with Crippen LogP contribution in [0.5, 0.6) is 11.5 Å². The predicted octanol–water partition coefficient (Wildman–Crippen LogP) is 2.39. The first kappa shape index (κ1) is 22.7. The molecule has 2 N–H and O–H groups in total. The van der Waals surface area contributed by atoms with Crippen molar-refractivity contribution in [3.8, 4) is 22.9 Å². The van der Waals surface area contributed by atoms with E-state index in [-0.39, 0.29) is 24.3 Å². The number of rotatable bonds is 9. The van der Waals surface area contributed by atoms with Crippen LogP contribution in [0.3, 0.4) is 0 Å². The van der Waals surface area contributed by atoms with E-state index in [1.807, 2.05) is 13.8 Å². The molecule has 2 heterocycles. The van der Waals surface area contributed by atoms with Crippen LogP contribution in [0.1, 0.15) is 36.1 Å². The number of likely N-dealkylation sites (N-methyl/N-ethyl adjacent to an activating group) is 1. The van der Waals surface area contributed by atoms with Gasteiger partial charge in [-0.3, -0.25) is 14.6 Å². The molecule has 10 heteroatoms. The zero-order valence-electron chi connectivity index (χ0n) is 18.3. The fourth-order valence-electron chi connectivity index (χ4n) is 2.86. The molecule has 32 heavy (non-hydrogen) atoms. The second-order valence-corrected chi connectivity index (χ2v) is 7.21. The summed E-state index contributed by atoms with van der Waals surface area (Å²) in [6, 6.07) is 7.76. The Morgan fingerprint density at radius 3 is 2.53 bits per heavy atom. The summed E-state index contributed by atoms with van der Waals surface area (Å²) in [7, 11) is 2.98. The standard InChI is InChI=1S/C22H25N5O5/c1-13(2)19(22-26-20(27-32-22)14-7-9-24-10-8-14)25-21(29)15-5-6-16(17(11-15)30-4)31-12-18(28)23-3/h5-11,13,19H,12H2,1-4H3,(H,23,28)(H,25,29). The van der Waals surface area contributed by atoms with Crippen LogP contribution < -0.4 is 20.1 Å². The number of amides is 2. The molecule has 1 unspecified atom stereocenters. The maximum atomic E-state index is 12.9. The molecular weight excluding hydrogens is 414 g/mol. The van der Waals surface area contributed by atoms with Crippen LogP contribution in [0.25, 0.3) is 11.4 Å². The SMILES string of the molecule is CNC(=O)COc1ccc(C(=O)NC(c2nc(-c3ccncc3)no2)C(C)C)cc1OC. The molecule has 10 nitrogen and oxygen atoms in total. The predicted molar refractivity (Wildman–Crippen MR) is 115 cm³/mol. The third kappa shape index (κ3) is 5.39. The van der Waals surface area contributed by atoms with Gasteiger partial charge in [-0.05, 0) is 36.2 Å². The fourth-order valence-corrected chi connectivity index (χ4v) is 2.86. The van der Waals surface area contributed by atoms with Crippen molar-refractivity contribution < 1.29 is 23.6 Å². The van der Waals surface area contributed by atoms with Crippen molar-refractivity contribution in [2.75, 3.05) is 20.8 Å². The smallest absolute Gasteiger partial charge is 0.257 e. The Bertz CT molecular complexity index is 1070. The van der Waals surface area contributed by atoms with E-state index < -0.39 is 6.04 Å². The molecule has 1 aromatic carbocycles. The van der Waals surface area contributed by atoms with Gasteiger partial charge in [0.15, 0.2) is 18.1 Å². The average molecular weight is 439 g/mol. The zero-order chi connectivity index (χ0) is 23.1. The zero-order valence-corrected chi connectivity index (χ0v) is 18.3. The number of hydrogen-bond donors (Lipinski definition) is 2. The summed E-state index contributed by atoms with van der Waals surface area (Å²) in [4.78, 5) is 32.8. The molecule has 3 rings (SSSR count). The normalized spacial score (nSPS) is 11.7. The minimum atomic E-state index is -0.499. The van der Waals surface area contributed by atoms with Gasteiger partial charge in [0.1, 0.15) is 6.04 Å². The van der Waals surface area contributed by atoms with Crippen molar-refractivity contribution in [1.29, 1.82) is 0 Å². The first-order chi connectivity index (χ1) is 15.4. The number of ether oxygens (including phenoxy) is 2. The van der Waals surface area contributed by atoms with Crippen molar-refractivity contribution >= 4 is 11.8 Å². The number of nitrogens with one attached hydrogen (secondary N) is 2.